The quantitative estimate of drug-likeness (QED) is 0.152. The van der Waals surface area contributed by atoms with Crippen LogP contribution in [0.2, 0.25) is 10.0 Å². The lowest BCUT2D eigenvalue weighted by molar-refractivity contribution is -0.140. The Kier molecular flexibility index (Phi) is 11.9. The average molecular weight is 669 g/mol. The summed E-state index contributed by atoms with van der Waals surface area (Å²) in [4.78, 5) is 28.9. The first-order chi connectivity index (χ1) is 21.6. The van der Waals surface area contributed by atoms with Crippen molar-refractivity contribution in [2.24, 2.45) is 0 Å². The van der Waals surface area contributed by atoms with E-state index < -0.39 is 28.5 Å². The third-order valence-electron chi connectivity index (χ3n) is 6.99. The fourth-order valence-corrected chi connectivity index (χ4v) is 6.43. The van der Waals surface area contributed by atoms with E-state index in [-0.39, 0.29) is 23.0 Å². The van der Waals surface area contributed by atoms with Crippen LogP contribution in [0.3, 0.4) is 0 Å². The fraction of sp³-hybridized carbons (Fsp3) is 0.235. The summed E-state index contributed by atoms with van der Waals surface area (Å²) < 4.78 is 35.0. The lowest BCUT2D eigenvalue weighted by Crippen LogP contribution is -2.52. The third-order valence-corrected chi connectivity index (χ3v) is 9.51. The van der Waals surface area contributed by atoms with Crippen molar-refractivity contribution in [2.45, 2.75) is 44.2 Å². The molecule has 236 valence electrons. The van der Waals surface area contributed by atoms with E-state index in [4.69, 9.17) is 27.9 Å². The van der Waals surface area contributed by atoms with Gasteiger partial charge in [-0.05, 0) is 79.1 Å². The Morgan fingerprint density at radius 2 is 1.44 bits per heavy atom. The summed E-state index contributed by atoms with van der Waals surface area (Å²) in [7, 11) is -4.20. The van der Waals surface area contributed by atoms with Crippen LogP contribution in [-0.4, -0.2) is 44.3 Å². The number of sulfonamides is 1. The van der Waals surface area contributed by atoms with Gasteiger partial charge in [-0.2, -0.15) is 0 Å². The van der Waals surface area contributed by atoms with Gasteiger partial charge in [-0.25, -0.2) is 8.42 Å². The number of benzene rings is 4. The third kappa shape index (κ3) is 8.78. The predicted octanol–water partition coefficient (Wildman–Crippen LogP) is 7.31. The van der Waals surface area contributed by atoms with E-state index in [0.717, 1.165) is 10.7 Å². The predicted molar refractivity (Wildman–Crippen MR) is 178 cm³/mol. The number of anilines is 1. The lowest BCUT2D eigenvalue weighted by atomic mass is 10.1. The van der Waals surface area contributed by atoms with Gasteiger partial charge in [0, 0.05) is 13.1 Å². The maximum absolute atomic E-state index is 14.2. The minimum absolute atomic E-state index is 0.0108. The van der Waals surface area contributed by atoms with Gasteiger partial charge < -0.3 is 15.0 Å². The largest absolute Gasteiger partial charge is 0.457 e. The Morgan fingerprint density at radius 3 is 2.04 bits per heavy atom. The molecule has 1 atom stereocenters. The van der Waals surface area contributed by atoms with Gasteiger partial charge in [0.2, 0.25) is 11.8 Å². The molecule has 0 aromatic heterocycles. The average Bonchev–Trinajstić information content (AvgIpc) is 3.05. The molecule has 0 fully saturated rings. The summed E-state index contributed by atoms with van der Waals surface area (Å²) in [6.45, 7) is 3.62. The lowest BCUT2D eigenvalue weighted by Gasteiger charge is -2.33. The second kappa shape index (κ2) is 15.8. The zero-order valence-electron chi connectivity index (χ0n) is 25.0. The number of nitrogens with one attached hydrogen (secondary N) is 1. The highest BCUT2D eigenvalue weighted by Gasteiger charge is 2.33. The van der Waals surface area contributed by atoms with Crippen molar-refractivity contribution in [3.05, 3.63) is 119 Å². The first kappa shape index (κ1) is 33.8. The van der Waals surface area contributed by atoms with E-state index in [0.29, 0.717) is 40.1 Å². The Bertz CT molecular complexity index is 1690. The van der Waals surface area contributed by atoms with Crippen LogP contribution in [0.4, 0.5) is 5.69 Å². The zero-order chi connectivity index (χ0) is 32.4. The second-order valence-corrected chi connectivity index (χ2v) is 12.9. The van der Waals surface area contributed by atoms with E-state index in [1.54, 1.807) is 67.6 Å². The summed E-state index contributed by atoms with van der Waals surface area (Å²) in [6, 6.07) is 27.6. The zero-order valence-corrected chi connectivity index (χ0v) is 27.4. The number of nitrogens with zero attached hydrogens (tertiary/aromatic N) is 2. The van der Waals surface area contributed by atoms with Gasteiger partial charge >= 0.3 is 0 Å². The van der Waals surface area contributed by atoms with Crippen molar-refractivity contribution in [3.8, 4) is 11.5 Å². The highest BCUT2D eigenvalue weighted by molar-refractivity contribution is 7.92. The van der Waals surface area contributed by atoms with E-state index in [9.17, 15) is 18.0 Å². The van der Waals surface area contributed by atoms with Gasteiger partial charge in [0.1, 0.15) is 24.1 Å². The number of carbonyl (C=O) groups is 2. The number of ether oxygens (including phenoxy) is 1. The topological polar surface area (TPSA) is 96.0 Å². The molecular formula is C34H35Cl2N3O5S. The molecule has 1 N–H and O–H groups in total. The molecule has 0 bridgehead atoms. The molecule has 0 unspecified atom stereocenters. The van der Waals surface area contributed by atoms with Crippen molar-refractivity contribution in [1.82, 2.24) is 10.2 Å². The Labute approximate surface area is 274 Å². The second-order valence-electron chi connectivity index (χ2n) is 10.2. The summed E-state index contributed by atoms with van der Waals surface area (Å²) in [5.41, 5.74) is 0.893. The molecular weight excluding hydrogens is 633 g/mol. The van der Waals surface area contributed by atoms with Crippen LogP contribution in [0.5, 0.6) is 11.5 Å². The molecule has 0 saturated heterocycles. The number of hydrogen-bond donors (Lipinski definition) is 1. The molecule has 4 rings (SSSR count). The number of halogens is 2. The maximum Gasteiger partial charge on any atom is 0.264 e. The number of amides is 2. The minimum Gasteiger partial charge on any atom is -0.457 e. The number of hydrogen-bond acceptors (Lipinski definition) is 5. The molecule has 11 heteroatoms. The monoisotopic (exact) mass is 667 g/mol. The van der Waals surface area contributed by atoms with E-state index in [1.807, 2.05) is 37.3 Å². The van der Waals surface area contributed by atoms with Crippen LogP contribution in [0.25, 0.3) is 0 Å². The molecule has 0 aliphatic heterocycles. The summed E-state index contributed by atoms with van der Waals surface area (Å²) in [5.74, 6) is 0.226. The standard InChI is InChI=1S/C34H35Cl2N3O5S/c1-3-21-37-34(41)32(4-2)38(23-25-15-20-30(35)31(36)22-25)33(40)24-39(45(42,43)29-13-9-6-10-14-29)26-16-18-28(19-17-26)44-27-11-7-5-8-12-27/h5-20,22,32H,3-4,21,23-24H2,1-2H3,(H,37,41)/t32-/m1/s1. The van der Waals surface area contributed by atoms with Crippen molar-refractivity contribution >= 4 is 50.7 Å². The molecule has 8 nitrogen and oxygen atoms in total. The first-order valence-electron chi connectivity index (χ1n) is 14.6. The van der Waals surface area contributed by atoms with Crippen molar-refractivity contribution in [2.75, 3.05) is 17.4 Å². The normalized spacial score (nSPS) is 11.8. The van der Waals surface area contributed by atoms with Crippen LogP contribution in [0.15, 0.2) is 108 Å². The summed E-state index contributed by atoms with van der Waals surface area (Å²) >= 11 is 12.4. The SMILES string of the molecule is CCCNC(=O)[C@@H](CC)N(Cc1ccc(Cl)c(Cl)c1)C(=O)CN(c1ccc(Oc2ccccc2)cc1)S(=O)(=O)c1ccccc1. The Morgan fingerprint density at radius 1 is 0.822 bits per heavy atom. The van der Waals surface area contributed by atoms with Gasteiger partial charge in [-0.3, -0.25) is 13.9 Å². The van der Waals surface area contributed by atoms with Crippen molar-refractivity contribution in [3.63, 3.8) is 0 Å². The summed E-state index contributed by atoms with van der Waals surface area (Å²) in [5, 5.41) is 3.52. The molecule has 45 heavy (non-hydrogen) atoms. The van der Waals surface area contributed by atoms with Gasteiger partial charge in [0.15, 0.2) is 0 Å². The molecule has 4 aromatic carbocycles. The smallest absolute Gasteiger partial charge is 0.264 e. The number of para-hydroxylation sites is 1. The number of carbonyl (C=O) groups excluding carboxylic acids is 2. The van der Waals surface area contributed by atoms with Crippen LogP contribution in [0, 0.1) is 0 Å². The van der Waals surface area contributed by atoms with Crippen LogP contribution in [0.1, 0.15) is 32.3 Å². The molecule has 0 spiro atoms. The fourth-order valence-electron chi connectivity index (χ4n) is 4.67. The number of rotatable bonds is 14. The van der Waals surface area contributed by atoms with Gasteiger partial charge in [-0.15, -0.1) is 0 Å². The molecule has 2 amide bonds. The molecule has 0 heterocycles. The molecule has 0 saturated carbocycles. The first-order valence-corrected chi connectivity index (χ1v) is 16.8. The molecule has 4 aromatic rings. The van der Waals surface area contributed by atoms with Gasteiger partial charge in [0.05, 0.1) is 20.6 Å². The Balaban J connectivity index is 1.71. The van der Waals surface area contributed by atoms with Crippen molar-refractivity contribution in [1.29, 1.82) is 0 Å². The van der Waals surface area contributed by atoms with E-state index >= 15 is 0 Å². The van der Waals surface area contributed by atoms with E-state index in [2.05, 4.69) is 5.32 Å². The van der Waals surface area contributed by atoms with Crippen LogP contribution in [-0.2, 0) is 26.2 Å². The van der Waals surface area contributed by atoms with Gasteiger partial charge in [0.25, 0.3) is 10.0 Å². The maximum atomic E-state index is 14.2. The molecule has 0 aliphatic rings. The van der Waals surface area contributed by atoms with Crippen LogP contribution < -0.4 is 14.4 Å². The highest BCUT2D eigenvalue weighted by atomic mass is 35.5. The molecule has 0 radical (unpaired) electrons. The van der Waals surface area contributed by atoms with E-state index in [1.165, 1.54) is 17.0 Å². The Hall–Kier alpha value is -4.05. The molecule has 0 aliphatic carbocycles. The van der Waals surface area contributed by atoms with Crippen LogP contribution >= 0.6 is 23.2 Å². The van der Waals surface area contributed by atoms with Crippen molar-refractivity contribution < 1.29 is 22.7 Å². The highest BCUT2D eigenvalue weighted by Crippen LogP contribution is 2.29. The van der Waals surface area contributed by atoms with Gasteiger partial charge in [-0.1, -0.05) is 79.5 Å². The summed E-state index contributed by atoms with van der Waals surface area (Å²) in [6.07, 6.45) is 1.02. The minimum atomic E-state index is -4.20.